The molecule has 1 N–H and O–H groups in total. The van der Waals surface area contributed by atoms with Crippen LogP contribution < -0.4 is 10.1 Å². The lowest BCUT2D eigenvalue weighted by atomic mass is 9.83. The molecule has 160 valence electrons. The molecule has 2 atom stereocenters. The van der Waals surface area contributed by atoms with Gasteiger partial charge in [-0.05, 0) is 31.4 Å². The molecule has 5 heteroatoms. The van der Waals surface area contributed by atoms with Crippen LogP contribution in [0.3, 0.4) is 0 Å². The van der Waals surface area contributed by atoms with Gasteiger partial charge < -0.3 is 15.0 Å². The molecule has 2 unspecified atom stereocenters. The summed E-state index contributed by atoms with van der Waals surface area (Å²) in [4.78, 5) is 28.0. The SMILES string of the molecule is CCCCN1C(=O)CCC(C(=O)NCc2cccc(C)c2)C1c1ccccc1OC. The summed E-state index contributed by atoms with van der Waals surface area (Å²) < 4.78 is 5.59. The number of rotatable bonds is 8. The third kappa shape index (κ3) is 5.02. The van der Waals surface area contributed by atoms with Gasteiger partial charge in [0.15, 0.2) is 0 Å². The van der Waals surface area contributed by atoms with Crippen LogP contribution in [0.25, 0.3) is 0 Å². The Bertz CT molecular complexity index is 880. The molecule has 0 bridgehead atoms. The first-order valence-corrected chi connectivity index (χ1v) is 10.8. The summed E-state index contributed by atoms with van der Waals surface area (Å²) in [5, 5.41) is 3.11. The van der Waals surface area contributed by atoms with Crippen molar-refractivity contribution < 1.29 is 14.3 Å². The number of amides is 2. The molecule has 1 aliphatic heterocycles. The summed E-state index contributed by atoms with van der Waals surface area (Å²) in [6, 6.07) is 15.6. The number of hydrogen-bond acceptors (Lipinski definition) is 3. The Kier molecular flexibility index (Phi) is 7.50. The Morgan fingerprint density at radius 1 is 1.20 bits per heavy atom. The summed E-state index contributed by atoms with van der Waals surface area (Å²) in [5.41, 5.74) is 3.15. The van der Waals surface area contributed by atoms with Gasteiger partial charge in [0.1, 0.15) is 5.75 Å². The lowest BCUT2D eigenvalue weighted by molar-refractivity contribution is -0.143. The first-order valence-electron chi connectivity index (χ1n) is 10.8. The number of carbonyl (C=O) groups is 2. The van der Waals surface area contributed by atoms with Crippen LogP contribution in [-0.2, 0) is 16.1 Å². The van der Waals surface area contributed by atoms with E-state index in [4.69, 9.17) is 4.74 Å². The van der Waals surface area contributed by atoms with E-state index in [1.807, 2.05) is 54.3 Å². The van der Waals surface area contributed by atoms with Crippen LogP contribution in [0.1, 0.15) is 55.3 Å². The number of likely N-dealkylation sites (tertiary alicyclic amines) is 1. The zero-order valence-electron chi connectivity index (χ0n) is 18.2. The fourth-order valence-electron chi connectivity index (χ4n) is 4.26. The van der Waals surface area contributed by atoms with Crippen molar-refractivity contribution in [1.29, 1.82) is 0 Å². The predicted molar refractivity (Wildman–Crippen MR) is 118 cm³/mol. The molecular formula is C25H32N2O3. The minimum absolute atomic E-state index is 0.0126. The molecule has 2 aromatic rings. The fraction of sp³-hybridized carbons (Fsp3) is 0.440. The smallest absolute Gasteiger partial charge is 0.225 e. The van der Waals surface area contributed by atoms with Crippen LogP contribution >= 0.6 is 0 Å². The van der Waals surface area contributed by atoms with E-state index in [1.54, 1.807) is 7.11 Å². The van der Waals surface area contributed by atoms with Gasteiger partial charge >= 0.3 is 0 Å². The predicted octanol–water partition coefficient (Wildman–Crippen LogP) is 4.40. The van der Waals surface area contributed by atoms with Crippen LogP contribution in [0.5, 0.6) is 5.75 Å². The molecular weight excluding hydrogens is 376 g/mol. The second-order valence-electron chi connectivity index (χ2n) is 7.98. The zero-order chi connectivity index (χ0) is 21.5. The summed E-state index contributed by atoms with van der Waals surface area (Å²) in [6.07, 6.45) is 2.85. The number of benzene rings is 2. The van der Waals surface area contributed by atoms with E-state index in [0.29, 0.717) is 25.9 Å². The van der Waals surface area contributed by atoms with Crippen molar-refractivity contribution in [2.24, 2.45) is 5.92 Å². The molecule has 0 saturated carbocycles. The van der Waals surface area contributed by atoms with Crippen LogP contribution in [0.4, 0.5) is 0 Å². The van der Waals surface area contributed by atoms with E-state index in [2.05, 4.69) is 18.3 Å². The molecule has 2 amide bonds. The van der Waals surface area contributed by atoms with Crippen LogP contribution in [-0.4, -0.2) is 30.4 Å². The molecule has 2 aromatic carbocycles. The first-order chi connectivity index (χ1) is 14.5. The van der Waals surface area contributed by atoms with Crippen molar-refractivity contribution in [3.63, 3.8) is 0 Å². The Labute approximate surface area is 179 Å². The largest absolute Gasteiger partial charge is 0.496 e. The van der Waals surface area contributed by atoms with E-state index >= 15 is 0 Å². The molecule has 3 rings (SSSR count). The van der Waals surface area contributed by atoms with Gasteiger partial charge in [0.2, 0.25) is 11.8 Å². The molecule has 0 spiro atoms. The lowest BCUT2D eigenvalue weighted by Gasteiger charge is -2.41. The third-order valence-electron chi connectivity index (χ3n) is 5.80. The average Bonchev–Trinajstić information content (AvgIpc) is 2.76. The summed E-state index contributed by atoms with van der Waals surface area (Å²) in [5.74, 6) is 0.513. The number of carbonyl (C=O) groups excluding carboxylic acids is 2. The Morgan fingerprint density at radius 3 is 2.73 bits per heavy atom. The fourth-order valence-corrected chi connectivity index (χ4v) is 4.26. The Morgan fingerprint density at radius 2 is 2.00 bits per heavy atom. The van der Waals surface area contributed by atoms with Gasteiger partial charge in [0, 0.05) is 25.1 Å². The molecule has 5 nitrogen and oxygen atoms in total. The summed E-state index contributed by atoms with van der Waals surface area (Å²) in [7, 11) is 1.63. The number of nitrogens with zero attached hydrogens (tertiary/aromatic N) is 1. The lowest BCUT2D eigenvalue weighted by Crippen LogP contribution is -2.48. The number of unbranched alkanes of at least 4 members (excludes halogenated alkanes) is 1. The van der Waals surface area contributed by atoms with E-state index in [-0.39, 0.29) is 23.8 Å². The highest BCUT2D eigenvalue weighted by Crippen LogP contribution is 2.40. The second-order valence-corrected chi connectivity index (χ2v) is 7.98. The highest BCUT2D eigenvalue weighted by atomic mass is 16.5. The standard InChI is InChI=1S/C25H32N2O3/c1-4-5-15-27-23(28)14-13-21(24(27)20-11-6-7-12-22(20)30-3)25(29)26-17-19-10-8-9-18(2)16-19/h6-12,16,21,24H,4-5,13-15,17H2,1-3H3,(H,26,29). The van der Waals surface area contributed by atoms with E-state index in [0.717, 1.165) is 29.7 Å². The first kappa shape index (κ1) is 21.9. The topological polar surface area (TPSA) is 58.6 Å². The van der Waals surface area contributed by atoms with Crippen molar-refractivity contribution in [3.8, 4) is 5.75 Å². The van der Waals surface area contributed by atoms with Crippen molar-refractivity contribution in [2.45, 2.75) is 52.1 Å². The van der Waals surface area contributed by atoms with E-state index in [9.17, 15) is 9.59 Å². The molecule has 1 saturated heterocycles. The van der Waals surface area contributed by atoms with Gasteiger partial charge in [0.05, 0.1) is 19.1 Å². The van der Waals surface area contributed by atoms with Gasteiger partial charge in [-0.15, -0.1) is 0 Å². The molecule has 0 aromatic heterocycles. The number of para-hydroxylation sites is 1. The number of piperidine rings is 1. The van der Waals surface area contributed by atoms with Gasteiger partial charge in [-0.2, -0.15) is 0 Å². The number of aryl methyl sites for hydroxylation is 1. The summed E-state index contributed by atoms with van der Waals surface area (Å²) in [6.45, 7) is 5.29. The molecule has 30 heavy (non-hydrogen) atoms. The number of methoxy groups -OCH3 is 1. The highest BCUT2D eigenvalue weighted by Gasteiger charge is 2.41. The zero-order valence-corrected chi connectivity index (χ0v) is 18.2. The van der Waals surface area contributed by atoms with Gasteiger partial charge in [0.25, 0.3) is 0 Å². The van der Waals surface area contributed by atoms with Crippen LogP contribution in [0.15, 0.2) is 48.5 Å². The molecule has 0 radical (unpaired) electrons. The monoisotopic (exact) mass is 408 g/mol. The van der Waals surface area contributed by atoms with Gasteiger partial charge in [-0.1, -0.05) is 61.4 Å². The highest BCUT2D eigenvalue weighted by molar-refractivity contribution is 5.85. The van der Waals surface area contributed by atoms with E-state index < -0.39 is 0 Å². The van der Waals surface area contributed by atoms with Crippen LogP contribution in [0, 0.1) is 12.8 Å². The maximum absolute atomic E-state index is 13.3. The van der Waals surface area contributed by atoms with Crippen molar-refractivity contribution in [3.05, 3.63) is 65.2 Å². The van der Waals surface area contributed by atoms with Crippen molar-refractivity contribution in [1.82, 2.24) is 10.2 Å². The molecule has 1 fully saturated rings. The molecule has 1 aliphatic rings. The minimum atomic E-state index is -0.313. The molecule has 1 heterocycles. The minimum Gasteiger partial charge on any atom is -0.496 e. The Hall–Kier alpha value is -2.82. The second kappa shape index (κ2) is 10.3. The Balaban J connectivity index is 1.87. The normalized spacial score (nSPS) is 18.9. The number of hydrogen-bond donors (Lipinski definition) is 1. The maximum atomic E-state index is 13.3. The maximum Gasteiger partial charge on any atom is 0.225 e. The number of nitrogens with one attached hydrogen (secondary N) is 1. The van der Waals surface area contributed by atoms with Crippen LogP contribution in [0.2, 0.25) is 0 Å². The third-order valence-corrected chi connectivity index (χ3v) is 5.80. The molecule has 0 aliphatic carbocycles. The van der Waals surface area contributed by atoms with E-state index in [1.165, 1.54) is 5.56 Å². The van der Waals surface area contributed by atoms with Gasteiger partial charge in [-0.3, -0.25) is 9.59 Å². The quantitative estimate of drug-likeness (QED) is 0.704. The average molecular weight is 409 g/mol. The van der Waals surface area contributed by atoms with Crippen molar-refractivity contribution in [2.75, 3.05) is 13.7 Å². The van der Waals surface area contributed by atoms with Crippen molar-refractivity contribution >= 4 is 11.8 Å². The summed E-state index contributed by atoms with van der Waals surface area (Å²) >= 11 is 0. The number of ether oxygens (including phenoxy) is 1. The van der Waals surface area contributed by atoms with Gasteiger partial charge in [-0.25, -0.2) is 0 Å².